The molecule has 12 rings (SSSR count). The van der Waals surface area contributed by atoms with Crippen LogP contribution in [0.5, 0.6) is 0 Å². The Bertz CT molecular complexity index is 3650. The highest BCUT2D eigenvalue weighted by Gasteiger charge is 2.26. The van der Waals surface area contributed by atoms with Gasteiger partial charge in [-0.1, -0.05) is 244 Å². The second kappa shape index (κ2) is 16.2. The summed E-state index contributed by atoms with van der Waals surface area (Å²) in [5.74, 6) is 0. The lowest BCUT2D eigenvalue weighted by molar-refractivity contribution is 1.60. The third-order valence-electron chi connectivity index (χ3n) is 14.5. The molecule has 0 fully saturated rings. The predicted molar refractivity (Wildman–Crippen MR) is 304 cm³/mol. The fourth-order valence-electron chi connectivity index (χ4n) is 11.3. The quantitative estimate of drug-likeness (QED) is 0.105. The Balaban J connectivity index is 1.24. The number of benzene rings is 12. The molecule has 0 unspecified atom stereocenters. The van der Waals surface area contributed by atoms with Crippen LogP contribution >= 0.6 is 0 Å². The van der Waals surface area contributed by atoms with E-state index in [4.69, 9.17) is 0 Å². The van der Waals surface area contributed by atoms with Crippen molar-refractivity contribution < 1.29 is 0 Å². The van der Waals surface area contributed by atoms with Crippen molar-refractivity contribution in [1.82, 2.24) is 0 Å². The van der Waals surface area contributed by atoms with Gasteiger partial charge >= 0.3 is 0 Å². The van der Waals surface area contributed by atoms with Crippen molar-refractivity contribution in [2.45, 2.75) is 39.3 Å². The van der Waals surface area contributed by atoms with Gasteiger partial charge in [-0.15, -0.1) is 0 Å². The van der Waals surface area contributed by atoms with Crippen LogP contribution in [-0.4, -0.2) is 16.1 Å². The van der Waals surface area contributed by atoms with E-state index in [1.807, 2.05) is 0 Å². The van der Waals surface area contributed by atoms with E-state index >= 15 is 0 Å². The van der Waals surface area contributed by atoms with Crippen LogP contribution in [0.1, 0.15) is 0 Å². The van der Waals surface area contributed by atoms with Crippen molar-refractivity contribution in [1.29, 1.82) is 0 Å². The van der Waals surface area contributed by atoms with Crippen molar-refractivity contribution in [3.05, 3.63) is 218 Å². The normalized spacial score (nSPS) is 12.3. The molecule has 0 atom stereocenters. The molecule has 0 spiro atoms. The Morgan fingerprint density at radius 2 is 0.529 bits per heavy atom. The maximum absolute atomic E-state index is 2.51. The molecule has 68 heavy (non-hydrogen) atoms. The maximum Gasteiger partial charge on any atom is 0.0784 e. The molecular formula is C66H54Si2. The SMILES string of the molecule is C[Si](C)(C)c1ccc(-c2cc(-c3cccc(-c4ccccc4)c3)c3ccc4c(-c5ccc([Si](C)(C)C)c6ccccc56)cc(-c5cccc(-c6ccccc6)c5)c5ccc2c3c54)c2ccccc12. The summed E-state index contributed by atoms with van der Waals surface area (Å²) in [4.78, 5) is 0. The lowest BCUT2D eigenvalue weighted by Crippen LogP contribution is -2.38. The van der Waals surface area contributed by atoms with Gasteiger partial charge in [-0.2, -0.15) is 0 Å². The van der Waals surface area contributed by atoms with E-state index in [1.54, 1.807) is 0 Å². The van der Waals surface area contributed by atoms with Crippen LogP contribution in [0, 0.1) is 0 Å². The Kier molecular flexibility index (Phi) is 9.99. The van der Waals surface area contributed by atoms with E-state index in [-0.39, 0.29) is 0 Å². The maximum atomic E-state index is 2.51. The van der Waals surface area contributed by atoms with E-state index in [9.17, 15) is 0 Å². The van der Waals surface area contributed by atoms with Crippen LogP contribution in [0.25, 0.3) is 121 Å². The molecule has 0 nitrogen and oxygen atoms in total. The summed E-state index contributed by atoms with van der Waals surface area (Å²) in [5.41, 5.74) is 14.9. The third-order valence-corrected chi connectivity index (χ3v) is 18.6. The predicted octanol–water partition coefficient (Wildman–Crippen LogP) is 18.0. The first-order chi connectivity index (χ1) is 33.0. The van der Waals surface area contributed by atoms with Crippen LogP contribution in [0.15, 0.2) is 218 Å². The Hall–Kier alpha value is -7.37. The average Bonchev–Trinajstić information content (AvgIpc) is 3.37. The first kappa shape index (κ1) is 42.0. The fourth-order valence-corrected chi connectivity index (χ4v) is 14.5. The monoisotopic (exact) mass is 902 g/mol. The van der Waals surface area contributed by atoms with E-state index in [0.717, 1.165) is 0 Å². The second-order valence-corrected chi connectivity index (χ2v) is 30.9. The minimum Gasteiger partial charge on any atom is -0.0656 e. The molecule has 0 N–H and O–H groups in total. The smallest absolute Gasteiger partial charge is 0.0656 e. The molecule has 0 aliphatic rings. The summed E-state index contributed by atoms with van der Waals surface area (Å²) in [6, 6.07) is 82.8. The second-order valence-electron chi connectivity index (χ2n) is 20.8. The molecule has 0 amide bonds. The van der Waals surface area contributed by atoms with Crippen molar-refractivity contribution in [3.63, 3.8) is 0 Å². The molecule has 12 aromatic rings. The lowest BCUT2D eigenvalue weighted by Gasteiger charge is -2.24. The fraction of sp³-hybridized carbons (Fsp3) is 0.0909. The zero-order valence-corrected chi connectivity index (χ0v) is 41.8. The molecule has 2 heteroatoms. The van der Waals surface area contributed by atoms with Crippen molar-refractivity contribution in [2.24, 2.45) is 0 Å². The van der Waals surface area contributed by atoms with Crippen molar-refractivity contribution in [2.75, 3.05) is 0 Å². The topological polar surface area (TPSA) is 0 Å². The molecule has 0 heterocycles. The Labute approximate surface area is 402 Å². The largest absolute Gasteiger partial charge is 0.0784 e. The summed E-state index contributed by atoms with van der Waals surface area (Å²) in [6.07, 6.45) is 0. The molecule has 0 saturated carbocycles. The van der Waals surface area contributed by atoms with Crippen LogP contribution in [0.2, 0.25) is 39.3 Å². The standard InChI is InChI=1S/C66H54Si2/c1-67(2,3)63-37-35-51(49-27-13-15-29-53(49)63)61-41-59(47-25-17-23-45(39-47)43-19-9-7-10-20-43)55-32-34-58-62(52-36-38-64(68(4,5)6)54-30-16-14-28-50(52)54)42-60(56-31-33-57(61)65(55)66(56)58)48-26-18-24-46(40-48)44-21-11-8-12-22-44/h7-42H,1-6H3. The molecule has 0 aliphatic carbocycles. The number of hydrogen-bond donors (Lipinski definition) is 0. The summed E-state index contributed by atoms with van der Waals surface area (Å²) in [6.45, 7) is 14.8. The van der Waals surface area contributed by atoms with Gasteiger partial charge in [-0.25, -0.2) is 0 Å². The minimum atomic E-state index is -1.66. The Morgan fingerprint density at radius 3 is 0.912 bits per heavy atom. The summed E-state index contributed by atoms with van der Waals surface area (Å²) in [7, 11) is -3.33. The molecule has 0 bridgehead atoms. The zero-order valence-electron chi connectivity index (χ0n) is 39.8. The molecule has 0 saturated heterocycles. The first-order valence-electron chi connectivity index (χ1n) is 24.2. The van der Waals surface area contributed by atoms with Gasteiger partial charge in [0.1, 0.15) is 0 Å². The summed E-state index contributed by atoms with van der Waals surface area (Å²) < 4.78 is 0. The zero-order chi connectivity index (χ0) is 46.3. The van der Waals surface area contributed by atoms with Gasteiger partial charge in [0.2, 0.25) is 0 Å². The van der Waals surface area contributed by atoms with Gasteiger partial charge in [0.15, 0.2) is 0 Å². The lowest BCUT2D eigenvalue weighted by atomic mass is 9.81. The molecule has 0 radical (unpaired) electrons. The van der Waals surface area contributed by atoms with E-state index in [0.29, 0.717) is 0 Å². The highest BCUT2D eigenvalue weighted by Crippen LogP contribution is 2.50. The van der Waals surface area contributed by atoms with Gasteiger partial charge in [0, 0.05) is 0 Å². The number of fused-ring (bicyclic) bond motifs is 2. The average molecular weight is 903 g/mol. The van der Waals surface area contributed by atoms with Crippen LogP contribution in [-0.2, 0) is 0 Å². The summed E-state index contributed by atoms with van der Waals surface area (Å²) >= 11 is 0. The van der Waals surface area contributed by atoms with Gasteiger partial charge in [-0.05, 0) is 145 Å². The Morgan fingerprint density at radius 1 is 0.206 bits per heavy atom. The molecule has 0 aliphatic heterocycles. The third kappa shape index (κ3) is 7.01. The van der Waals surface area contributed by atoms with Crippen molar-refractivity contribution in [3.8, 4) is 66.8 Å². The number of hydrogen-bond acceptors (Lipinski definition) is 0. The summed E-state index contributed by atoms with van der Waals surface area (Å²) in [5, 5.41) is 16.2. The first-order valence-corrected chi connectivity index (χ1v) is 31.2. The minimum absolute atomic E-state index is 1.22. The van der Waals surface area contributed by atoms with Crippen LogP contribution in [0.4, 0.5) is 0 Å². The molecular weight excluding hydrogens is 849 g/mol. The van der Waals surface area contributed by atoms with E-state index in [1.165, 1.54) is 131 Å². The van der Waals surface area contributed by atoms with E-state index in [2.05, 4.69) is 258 Å². The van der Waals surface area contributed by atoms with Gasteiger partial charge in [0.25, 0.3) is 0 Å². The molecule has 0 aromatic heterocycles. The number of rotatable bonds is 8. The van der Waals surface area contributed by atoms with Gasteiger partial charge in [-0.3, -0.25) is 0 Å². The molecule has 326 valence electrons. The van der Waals surface area contributed by atoms with Crippen LogP contribution < -0.4 is 10.4 Å². The highest BCUT2D eigenvalue weighted by molar-refractivity contribution is 6.91. The van der Waals surface area contributed by atoms with Crippen LogP contribution in [0.3, 0.4) is 0 Å². The van der Waals surface area contributed by atoms with E-state index < -0.39 is 16.1 Å². The van der Waals surface area contributed by atoms with Gasteiger partial charge < -0.3 is 0 Å². The highest BCUT2D eigenvalue weighted by atomic mass is 28.3. The molecule has 12 aromatic carbocycles. The van der Waals surface area contributed by atoms with Gasteiger partial charge in [0.05, 0.1) is 16.1 Å². The van der Waals surface area contributed by atoms with Crippen molar-refractivity contribution >= 4 is 80.4 Å².